The van der Waals surface area contributed by atoms with Crippen LogP contribution in [-0.2, 0) is 4.74 Å². The molecule has 0 saturated carbocycles. The summed E-state index contributed by atoms with van der Waals surface area (Å²) in [6.45, 7) is 4.43. The second-order valence-electron chi connectivity index (χ2n) is 3.84. The lowest BCUT2D eigenvalue weighted by molar-refractivity contribution is 0.146. The maximum Gasteiger partial charge on any atom is 0.119 e. The number of anilines is 1. The summed E-state index contributed by atoms with van der Waals surface area (Å²) < 4.78 is 10.4. The largest absolute Gasteiger partial charge is 0.491 e. The van der Waals surface area contributed by atoms with Gasteiger partial charge >= 0.3 is 0 Å². The summed E-state index contributed by atoms with van der Waals surface area (Å²) in [5, 5.41) is 3.40. The van der Waals surface area contributed by atoms with Crippen LogP contribution in [0.4, 0.5) is 5.69 Å². The van der Waals surface area contributed by atoms with Crippen LogP contribution >= 0.6 is 11.8 Å². The van der Waals surface area contributed by atoms with Crippen molar-refractivity contribution in [3.63, 3.8) is 0 Å². The molecule has 0 aliphatic rings. The molecule has 4 heteroatoms. The van der Waals surface area contributed by atoms with Crippen LogP contribution in [0.25, 0.3) is 0 Å². The fourth-order valence-electron chi connectivity index (χ4n) is 1.46. The van der Waals surface area contributed by atoms with Gasteiger partial charge in [-0.25, -0.2) is 0 Å². The summed E-state index contributed by atoms with van der Waals surface area (Å²) in [7, 11) is 1.67. The van der Waals surface area contributed by atoms with E-state index in [-0.39, 0.29) is 0 Å². The van der Waals surface area contributed by atoms with Gasteiger partial charge in [-0.15, -0.1) is 0 Å². The van der Waals surface area contributed by atoms with Crippen LogP contribution in [0, 0.1) is 0 Å². The number of methoxy groups -OCH3 is 1. The molecular weight excluding hydrogens is 246 g/mol. The zero-order valence-corrected chi connectivity index (χ0v) is 12.1. The summed E-state index contributed by atoms with van der Waals surface area (Å²) in [4.78, 5) is 0. The molecule has 1 aromatic carbocycles. The fourth-order valence-corrected chi connectivity index (χ4v) is 2.10. The van der Waals surface area contributed by atoms with E-state index in [9.17, 15) is 0 Å². The third-order valence-electron chi connectivity index (χ3n) is 2.41. The first-order valence-electron chi connectivity index (χ1n) is 6.40. The normalized spacial score (nSPS) is 10.3. The molecule has 0 fully saturated rings. The second-order valence-corrected chi connectivity index (χ2v) is 5.24. The Kier molecular flexibility index (Phi) is 8.51. The molecule has 0 amide bonds. The van der Waals surface area contributed by atoms with Crippen molar-refractivity contribution < 1.29 is 9.47 Å². The monoisotopic (exact) mass is 269 g/mol. The van der Waals surface area contributed by atoms with Crippen molar-refractivity contribution in [3.05, 3.63) is 24.3 Å². The van der Waals surface area contributed by atoms with E-state index in [4.69, 9.17) is 9.47 Å². The highest BCUT2D eigenvalue weighted by molar-refractivity contribution is 7.99. The van der Waals surface area contributed by atoms with Crippen LogP contribution in [0.2, 0.25) is 0 Å². The molecular formula is C14H23NO2S. The molecule has 0 radical (unpaired) electrons. The fraction of sp³-hybridized carbons (Fsp3) is 0.571. The van der Waals surface area contributed by atoms with Gasteiger partial charge in [-0.3, -0.25) is 0 Å². The lowest BCUT2D eigenvalue weighted by atomic mass is 10.3. The van der Waals surface area contributed by atoms with E-state index in [0.29, 0.717) is 13.2 Å². The van der Waals surface area contributed by atoms with E-state index in [1.807, 2.05) is 23.9 Å². The molecule has 18 heavy (non-hydrogen) atoms. The zero-order valence-electron chi connectivity index (χ0n) is 11.3. The molecule has 102 valence electrons. The van der Waals surface area contributed by atoms with Crippen LogP contribution in [0.15, 0.2) is 24.3 Å². The number of ether oxygens (including phenoxy) is 2. The molecule has 0 heterocycles. The van der Waals surface area contributed by atoms with Crippen molar-refractivity contribution >= 4 is 17.4 Å². The number of hydrogen-bond acceptors (Lipinski definition) is 4. The number of thioether (sulfide) groups is 1. The first-order valence-corrected chi connectivity index (χ1v) is 7.55. The van der Waals surface area contributed by atoms with Crippen LogP contribution in [0.1, 0.15) is 13.3 Å². The Morgan fingerprint density at radius 1 is 1.17 bits per heavy atom. The van der Waals surface area contributed by atoms with Gasteiger partial charge in [-0.1, -0.05) is 6.92 Å². The quantitative estimate of drug-likeness (QED) is 0.660. The Morgan fingerprint density at radius 2 is 1.94 bits per heavy atom. The lowest BCUT2D eigenvalue weighted by Crippen LogP contribution is -2.05. The Balaban J connectivity index is 2.19. The van der Waals surface area contributed by atoms with Gasteiger partial charge in [0.05, 0.1) is 6.61 Å². The third-order valence-corrected chi connectivity index (χ3v) is 3.39. The topological polar surface area (TPSA) is 30.5 Å². The Hall–Kier alpha value is -0.870. The number of nitrogens with one attached hydrogen (secondary N) is 1. The number of hydrogen-bond donors (Lipinski definition) is 1. The van der Waals surface area contributed by atoms with Crippen LogP contribution < -0.4 is 10.1 Å². The average Bonchev–Trinajstić information content (AvgIpc) is 2.40. The van der Waals surface area contributed by atoms with E-state index >= 15 is 0 Å². The number of rotatable bonds is 10. The van der Waals surface area contributed by atoms with Gasteiger partial charge in [0.25, 0.3) is 0 Å². The van der Waals surface area contributed by atoms with E-state index in [2.05, 4.69) is 24.4 Å². The molecule has 1 aromatic rings. The van der Waals surface area contributed by atoms with Crippen molar-refractivity contribution in [2.75, 3.05) is 43.7 Å². The van der Waals surface area contributed by atoms with Crippen molar-refractivity contribution in [1.29, 1.82) is 0 Å². The first kappa shape index (κ1) is 15.2. The molecule has 0 aliphatic carbocycles. The van der Waals surface area contributed by atoms with Gasteiger partial charge in [-0.05, 0) is 42.2 Å². The van der Waals surface area contributed by atoms with E-state index in [0.717, 1.165) is 18.0 Å². The standard InChI is InChI=1S/C14H23NO2S/c1-3-18-12-4-9-15-13-5-7-14(8-6-13)17-11-10-16-2/h5-8,15H,3-4,9-12H2,1-2H3. The van der Waals surface area contributed by atoms with E-state index in [1.54, 1.807) is 7.11 Å². The maximum atomic E-state index is 5.50. The third kappa shape index (κ3) is 6.77. The van der Waals surface area contributed by atoms with Crippen molar-refractivity contribution in [2.24, 2.45) is 0 Å². The minimum Gasteiger partial charge on any atom is -0.491 e. The van der Waals surface area contributed by atoms with Crippen LogP contribution in [-0.4, -0.2) is 38.4 Å². The van der Waals surface area contributed by atoms with Crippen molar-refractivity contribution in [2.45, 2.75) is 13.3 Å². The van der Waals surface area contributed by atoms with Gasteiger partial charge in [0.15, 0.2) is 0 Å². The SMILES string of the molecule is CCSCCCNc1ccc(OCCOC)cc1. The molecule has 0 aliphatic heterocycles. The summed E-state index contributed by atoms with van der Waals surface area (Å²) >= 11 is 1.99. The zero-order chi connectivity index (χ0) is 13.1. The van der Waals surface area contributed by atoms with Gasteiger partial charge in [0, 0.05) is 19.3 Å². The van der Waals surface area contributed by atoms with Crippen LogP contribution in [0.3, 0.4) is 0 Å². The summed E-state index contributed by atoms with van der Waals surface area (Å²) in [6.07, 6.45) is 1.20. The molecule has 3 nitrogen and oxygen atoms in total. The smallest absolute Gasteiger partial charge is 0.119 e. The van der Waals surface area contributed by atoms with Crippen molar-refractivity contribution in [1.82, 2.24) is 0 Å². The Morgan fingerprint density at radius 3 is 2.61 bits per heavy atom. The predicted octanol–water partition coefficient (Wildman–Crippen LogP) is 3.27. The minimum atomic E-state index is 0.595. The van der Waals surface area contributed by atoms with Gasteiger partial charge in [-0.2, -0.15) is 11.8 Å². The minimum absolute atomic E-state index is 0.595. The molecule has 0 spiro atoms. The van der Waals surface area contributed by atoms with Gasteiger partial charge in [0.1, 0.15) is 12.4 Å². The second kappa shape index (κ2) is 10.1. The average molecular weight is 269 g/mol. The Bertz CT molecular complexity index is 303. The summed E-state index contributed by atoms with van der Waals surface area (Å²) in [5.74, 6) is 3.31. The summed E-state index contributed by atoms with van der Waals surface area (Å²) in [6, 6.07) is 8.07. The van der Waals surface area contributed by atoms with Gasteiger partial charge in [0.2, 0.25) is 0 Å². The molecule has 1 rings (SSSR count). The number of benzene rings is 1. The van der Waals surface area contributed by atoms with Gasteiger partial charge < -0.3 is 14.8 Å². The molecule has 0 saturated heterocycles. The molecule has 1 N–H and O–H groups in total. The van der Waals surface area contributed by atoms with Crippen molar-refractivity contribution in [3.8, 4) is 5.75 Å². The molecule has 0 aromatic heterocycles. The van der Waals surface area contributed by atoms with E-state index in [1.165, 1.54) is 17.9 Å². The maximum absolute atomic E-state index is 5.50. The first-order chi connectivity index (χ1) is 8.86. The lowest BCUT2D eigenvalue weighted by Gasteiger charge is -2.08. The molecule has 0 bridgehead atoms. The highest BCUT2D eigenvalue weighted by Gasteiger charge is 1.95. The molecule has 0 atom stereocenters. The predicted molar refractivity (Wildman–Crippen MR) is 79.9 cm³/mol. The van der Waals surface area contributed by atoms with Crippen LogP contribution in [0.5, 0.6) is 5.75 Å². The van der Waals surface area contributed by atoms with E-state index < -0.39 is 0 Å². The Labute approximate surface area is 114 Å². The molecule has 0 unspecified atom stereocenters. The highest BCUT2D eigenvalue weighted by atomic mass is 32.2. The summed E-state index contributed by atoms with van der Waals surface area (Å²) in [5.41, 5.74) is 1.15. The highest BCUT2D eigenvalue weighted by Crippen LogP contribution is 2.15.